The van der Waals surface area contributed by atoms with Crippen LogP contribution in [0.3, 0.4) is 0 Å². The number of methoxy groups -OCH3 is 1. The minimum atomic E-state index is -0.490. The predicted octanol–water partition coefficient (Wildman–Crippen LogP) is 2.60. The highest BCUT2D eigenvalue weighted by atomic mass is 16.5. The summed E-state index contributed by atoms with van der Waals surface area (Å²) in [5, 5.41) is 9.41. The molecule has 0 radical (unpaired) electrons. The maximum absolute atomic E-state index is 9.41. The number of hydrogen-bond donors (Lipinski definition) is 0. The van der Waals surface area contributed by atoms with E-state index in [-0.39, 0.29) is 0 Å². The van der Waals surface area contributed by atoms with Crippen LogP contribution in [0.25, 0.3) is 0 Å². The molecule has 1 aliphatic carbocycles. The van der Waals surface area contributed by atoms with E-state index in [1.54, 1.807) is 7.11 Å². The lowest BCUT2D eigenvalue weighted by Crippen LogP contribution is -2.18. The molecule has 0 aromatic rings. The summed E-state index contributed by atoms with van der Waals surface area (Å²) in [7, 11) is 3.74. The topological polar surface area (TPSA) is 36.3 Å². The largest absolute Gasteiger partial charge is 0.497 e. The van der Waals surface area contributed by atoms with Crippen LogP contribution < -0.4 is 0 Å². The van der Waals surface area contributed by atoms with E-state index >= 15 is 0 Å². The number of hydrogen-bond acceptors (Lipinski definition) is 3. The van der Waals surface area contributed by atoms with Crippen LogP contribution in [0, 0.1) is 16.7 Å². The second-order valence-electron chi connectivity index (χ2n) is 4.66. The van der Waals surface area contributed by atoms with Crippen LogP contribution in [0.4, 0.5) is 0 Å². The molecule has 0 bridgehead atoms. The Balaban J connectivity index is 2.21. The minimum Gasteiger partial charge on any atom is -0.497 e. The smallest absolute Gasteiger partial charge is 0.114 e. The van der Waals surface area contributed by atoms with Gasteiger partial charge in [-0.05, 0) is 37.5 Å². The first-order valence-electron chi connectivity index (χ1n) is 5.97. The molecule has 1 fully saturated rings. The number of nitriles is 1. The molecule has 0 amide bonds. The highest BCUT2D eigenvalue weighted by Gasteiger charge is 2.28. The van der Waals surface area contributed by atoms with Crippen molar-refractivity contribution in [1.82, 2.24) is 4.90 Å². The maximum Gasteiger partial charge on any atom is 0.114 e. The standard InChI is InChI=1S/C14H18N2O/c1-16-9-3-4-12(16)10-14(11-15)7-5-13(17-2)6-8-14/h5-7,10H,3-4,8-9H2,1-2H3. The lowest BCUT2D eigenvalue weighted by atomic mass is 9.81. The summed E-state index contributed by atoms with van der Waals surface area (Å²) in [5.41, 5.74) is 0.793. The average Bonchev–Trinajstić information content (AvgIpc) is 2.76. The lowest BCUT2D eigenvalue weighted by molar-refractivity contribution is 0.300. The molecule has 0 aromatic carbocycles. The fourth-order valence-corrected chi connectivity index (χ4v) is 2.32. The van der Waals surface area contributed by atoms with E-state index in [1.807, 2.05) is 18.2 Å². The molecule has 3 nitrogen and oxygen atoms in total. The maximum atomic E-state index is 9.41. The summed E-state index contributed by atoms with van der Waals surface area (Å²) < 4.78 is 5.15. The summed E-state index contributed by atoms with van der Waals surface area (Å²) in [6.07, 6.45) is 10.9. The van der Waals surface area contributed by atoms with Crippen LogP contribution in [0.1, 0.15) is 19.3 Å². The van der Waals surface area contributed by atoms with Gasteiger partial charge in [-0.25, -0.2) is 0 Å². The summed E-state index contributed by atoms with van der Waals surface area (Å²) in [5.74, 6) is 0.842. The zero-order valence-electron chi connectivity index (χ0n) is 10.4. The van der Waals surface area contributed by atoms with Crippen molar-refractivity contribution >= 4 is 0 Å². The molecule has 1 saturated heterocycles. The van der Waals surface area contributed by atoms with Gasteiger partial charge in [0, 0.05) is 19.3 Å². The van der Waals surface area contributed by atoms with Gasteiger partial charge in [-0.3, -0.25) is 0 Å². The quantitative estimate of drug-likeness (QED) is 0.731. The first-order chi connectivity index (χ1) is 8.19. The third-order valence-corrected chi connectivity index (χ3v) is 3.47. The van der Waals surface area contributed by atoms with E-state index in [2.05, 4.69) is 24.1 Å². The van der Waals surface area contributed by atoms with Gasteiger partial charge in [0.15, 0.2) is 0 Å². The third kappa shape index (κ3) is 2.36. The summed E-state index contributed by atoms with van der Waals surface area (Å²) in [4.78, 5) is 2.24. The van der Waals surface area contributed by atoms with Crippen LogP contribution in [-0.2, 0) is 4.74 Å². The van der Waals surface area contributed by atoms with E-state index in [0.29, 0.717) is 6.42 Å². The van der Waals surface area contributed by atoms with Gasteiger partial charge in [0.05, 0.1) is 18.6 Å². The molecule has 2 rings (SSSR count). The predicted molar refractivity (Wildman–Crippen MR) is 66.8 cm³/mol. The molecule has 0 N–H and O–H groups in total. The Labute approximate surface area is 103 Å². The number of nitrogens with zero attached hydrogens (tertiary/aromatic N) is 2. The Hall–Kier alpha value is -1.69. The van der Waals surface area contributed by atoms with Crippen molar-refractivity contribution in [3.8, 4) is 6.07 Å². The summed E-state index contributed by atoms with van der Waals surface area (Å²) in [6.45, 7) is 1.09. The normalized spacial score (nSPS) is 30.3. The van der Waals surface area contributed by atoms with Crippen LogP contribution in [0.2, 0.25) is 0 Å². The van der Waals surface area contributed by atoms with Gasteiger partial charge in [-0.1, -0.05) is 6.08 Å². The molecule has 1 unspecified atom stereocenters. The van der Waals surface area contributed by atoms with E-state index < -0.39 is 5.41 Å². The Kier molecular flexibility index (Phi) is 3.23. The lowest BCUT2D eigenvalue weighted by Gasteiger charge is -2.24. The molecule has 2 aliphatic rings. The molecular weight excluding hydrogens is 212 g/mol. The average molecular weight is 230 g/mol. The first kappa shape index (κ1) is 11.8. The number of ether oxygens (including phenoxy) is 1. The van der Waals surface area contributed by atoms with Crippen LogP contribution in [0.15, 0.2) is 35.8 Å². The number of rotatable bonds is 2. The number of allylic oxidation sites excluding steroid dienone is 5. The van der Waals surface area contributed by atoms with Crippen molar-refractivity contribution < 1.29 is 4.74 Å². The summed E-state index contributed by atoms with van der Waals surface area (Å²) >= 11 is 0. The van der Waals surface area contributed by atoms with Gasteiger partial charge in [0.25, 0.3) is 0 Å². The van der Waals surface area contributed by atoms with Gasteiger partial charge in [0.2, 0.25) is 0 Å². The summed E-state index contributed by atoms with van der Waals surface area (Å²) in [6, 6.07) is 2.42. The van der Waals surface area contributed by atoms with E-state index in [9.17, 15) is 5.26 Å². The van der Waals surface area contributed by atoms with Crippen molar-refractivity contribution in [1.29, 1.82) is 5.26 Å². The first-order valence-corrected chi connectivity index (χ1v) is 5.97. The molecule has 1 atom stereocenters. The SMILES string of the molecule is COC1=CCC(C#N)(C=C2CCCN2C)C=C1. The molecule has 3 heteroatoms. The van der Waals surface area contributed by atoms with Gasteiger partial charge < -0.3 is 9.64 Å². The second kappa shape index (κ2) is 4.67. The zero-order valence-corrected chi connectivity index (χ0v) is 10.4. The fraction of sp³-hybridized carbons (Fsp3) is 0.500. The van der Waals surface area contributed by atoms with Crippen LogP contribution >= 0.6 is 0 Å². The van der Waals surface area contributed by atoms with Crippen molar-refractivity contribution in [3.63, 3.8) is 0 Å². The molecule has 0 spiro atoms. The molecule has 90 valence electrons. The van der Waals surface area contributed by atoms with E-state index in [4.69, 9.17) is 4.74 Å². The fourth-order valence-electron chi connectivity index (χ4n) is 2.32. The van der Waals surface area contributed by atoms with Crippen molar-refractivity contribution in [2.75, 3.05) is 20.7 Å². The Morgan fingerprint density at radius 3 is 2.88 bits per heavy atom. The highest BCUT2D eigenvalue weighted by molar-refractivity contribution is 5.34. The van der Waals surface area contributed by atoms with Gasteiger partial charge in [-0.15, -0.1) is 0 Å². The Morgan fingerprint density at radius 2 is 2.41 bits per heavy atom. The minimum absolute atomic E-state index is 0.490. The van der Waals surface area contributed by atoms with Gasteiger partial charge >= 0.3 is 0 Å². The van der Waals surface area contributed by atoms with Crippen molar-refractivity contribution in [3.05, 3.63) is 35.8 Å². The van der Waals surface area contributed by atoms with Crippen molar-refractivity contribution in [2.24, 2.45) is 5.41 Å². The Morgan fingerprint density at radius 1 is 1.59 bits per heavy atom. The molecular formula is C14H18N2O. The Bertz CT molecular complexity index is 428. The van der Waals surface area contributed by atoms with E-state index in [1.165, 1.54) is 12.1 Å². The second-order valence-corrected chi connectivity index (χ2v) is 4.66. The monoisotopic (exact) mass is 230 g/mol. The number of likely N-dealkylation sites (tertiary alicyclic amines) is 1. The zero-order chi connectivity index (χ0) is 12.3. The van der Waals surface area contributed by atoms with E-state index in [0.717, 1.165) is 18.7 Å². The van der Waals surface area contributed by atoms with Crippen molar-refractivity contribution in [2.45, 2.75) is 19.3 Å². The van der Waals surface area contributed by atoms with Crippen LogP contribution in [-0.4, -0.2) is 25.6 Å². The third-order valence-electron chi connectivity index (χ3n) is 3.47. The molecule has 0 aromatic heterocycles. The highest BCUT2D eigenvalue weighted by Crippen LogP contribution is 2.34. The molecule has 0 saturated carbocycles. The molecule has 1 heterocycles. The van der Waals surface area contributed by atoms with Gasteiger partial charge in [0.1, 0.15) is 5.76 Å². The molecule has 17 heavy (non-hydrogen) atoms. The molecule has 1 aliphatic heterocycles. The van der Waals surface area contributed by atoms with Gasteiger partial charge in [-0.2, -0.15) is 5.26 Å². The van der Waals surface area contributed by atoms with Crippen LogP contribution in [0.5, 0.6) is 0 Å².